The first kappa shape index (κ1) is 20.7. The number of carbonyl (C=O) groups is 1. The normalized spacial score (nSPS) is 22.3. The van der Waals surface area contributed by atoms with Gasteiger partial charge in [0.25, 0.3) is 0 Å². The third kappa shape index (κ3) is 3.68. The maximum Gasteiger partial charge on any atom is 0.234 e. The summed E-state index contributed by atoms with van der Waals surface area (Å²) in [6.45, 7) is 5.38. The molecule has 1 fully saturated rings. The van der Waals surface area contributed by atoms with E-state index in [0.717, 1.165) is 47.9 Å². The lowest BCUT2D eigenvalue weighted by molar-refractivity contribution is -0.123. The van der Waals surface area contributed by atoms with Crippen LogP contribution in [0.25, 0.3) is 0 Å². The smallest absolute Gasteiger partial charge is 0.234 e. The van der Waals surface area contributed by atoms with Crippen molar-refractivity contribution in [1.82, 2.24) is 10.2 Å². The van der Waals surface area contributed by atoms with Gasteiger partial charge in [-0.2, -0.15) is 0 Å². The van der Waals surface area contributed by atoms with Gasteiger partial charge in [0.1, 0.15) is 13.2 Å². The summed E-state index contributed by atoms with van der Waals surface area (Å²) in [7, 11) is 0. The van der Waals surface area contributed by atoms with Gasteiger partial charge in [0.05, 0.1) is 6.54 Å². The molecule has 2 aromatic carbocycles. The number of fused-ring (bicyclic) bond motifs is 4. The average molecular weight is 451 g/mol. The van der Waals surface area contributed by atoms with E-state index in [4.69, 9.17) is 18.9 Å². The van der Waals surface area contributed by atoms with E-state index >= 15 is 0 Å². The fourth-order valence-electron chi connectivity index (χ4n) is 5.88. The fraction of sp³-hybridized carbons (Fsp3) is 0.500. The van der Waals surface area contributed by atoms with Crippen molar-refractivity contribution in [1.29, 1.82) is 0 Å². The second kappa shape index (κ2) is 8.13. The Morgan fingerprint density at radius 2 is 1.73 bits per heavy atom. The van der Waals surface area contributed by atoms with Crippen LogP contribution in [0.2, 0.25) is 0 Å². The van der Waals surface area contributed by atoms with Gasteiger partial charge in [0.15, 0.2) is 23.0 Å². The SMILES string of the molecule is CC1c2cc3c(cc2C2(CCCC2)CN1CC(=O)NCc1ccc2c(c1)OCO2)OCCO3. The van der Waals surface area contributed by atoms with Gasteiger partial charge < -0.3 is 24.3 Å². The van der Waals surface area contributed by atoms with Crippen molar-refractivity contribution in [3.8, 4) is 23.0 Å². The molecule has 1 saturated carbocycles. The summed E-state index contributed by atoms with van der Waals surface area (Å²) in [5.41, 5.74) is 3.76. The van der Waals surface area contributed by atoms with Crippen LogP contribution < -0.4 is 24.3 Å². The molecule has 1 N–H and O–H groups in total. The minimum atomic E-state index is 0.0358. The topological polar surface area (TPSA) is 69.3 Å². The van der Waals surface area contributed by atoms with Gasteiger partial charge in [-0.05, 0) is 60.7 Å². The molecule has 0 saturated heterocycles. The third-order valence-electron chi connectivity index (χ3n) is 7.62. The molecule has 3 heterocycles. The molecule has 33 heavy (non-hydrogen) atoms. The van der Waals surface area contributed by atoms with Gasteiger partial charge in [-0.3, -0.25) is 9.69 Å². The number of hydrogen-bond acceptors (Lipinski definition) is 6. The van der Waals surface area contributed by atoms with E-state index in [9.17, 15) is 4.79 Å². The van der Waals surface area contributed by atoms with E-state index in [0.29, 0.717) is 26.3 Å². The number of rotatable bonds is 4. The Morgan fingerprint density at radius 3 is 2.55 bits per heavy atom. The Labute approximate surface area is 193 Å². The predicted octanol–water partition coefficient (Wildman–Crippen LogP) is 3.69. The lowest BCUT2D eigenvalue weighted by Crippen LogP contribution is -2.49. The first-order chi connectivity index (χ1) is 16.1. The van der Waals surface area contributed by atoms with E-state index in [1.165, 1.54) is 24.0 Å². The van der Waals surface area contributed by atoms with Gasteiger partial charge in [0.2, 0.25) is 12.7 Å². The standard InChI is InChI=1S/C26H30N2O5/c1-17-19-11-23-24(31-9-8-30-23)12-20(19)26(6-2-3-7-26)15-28(17)14-25(29)27-13-18-4-5-21-22(10-18)33-16-32-21/h4-5,10-12,17H,2-3,6-9,13-16H2,1H3,(H,27,29). The summed E-state index contributed by atoms with van der Waals surface area (Å²) in [5.74, 6) is 3.22. The van der Waals surface area contributed by atoms with E-state index in [1.807, 2.05) is 18.2 Å². The van der Waals surface area contributed by atoms with Crippen LogP contribution in [0, 0.1) is 0 Å². The first-order valence-corrected chi connectivity index (χ1v) is 11.9. The van der Waals surface area contributed by atoms with Crippen molar-refractivity contribution >= 4 is 5.91 Å². The molecule has 1 atom stereocenters. The lowest BCUT2D eigenvalue weighted by Gasteiger charge is -2.46. The first-order valence-electron chi connectivity index (χ1n) is 11.9. The van der Waals surface area contributed by atoms with Gasteiger partial charge in [-0.15, -0.1) is 0 Å². The van der Waals surface area contributed by atoms with E-state index in [2.05, 4.69) is 29.3 Å². The van der Waals surface area contributed by atoms with Crippen LogP contribution in [0.1, 0.15) is 55.3 Å². The van der Waals surface area contributed by atoms with Crippen LogP contribution in [-0.4, -0.2) is 43.9 Å². The zero-order valence-corrected chi connectivity index (χ0v) is 19.0. The Morgan fingerprint density at radius 1 is 1.00 bits per heavy atom. The zero-order valence-electron chi connectivity index (χ0n) is 19.0. The second-order valence-electron chi connectivity index (χ2n) is 9.62. The average Bonchev–Trinajstić information content (AvgIpc) is 3.50. The fourth-order valence-corrected chi connectivity index (χ4v) is 5.88. The second-order valence-corrected chi connectivity index (χ2v) is 9.62. The summed E-state index contributed by atoms with van der Waals surface area (Å²) in [6, 6.07) is 10.3. The number of hydrogen-bond donors (Lipinski definition) is 1. The highest BCUT2D eigenvalue weighted by Crippen LogP contribution is 2.51. The highest BCUT2D eigenvalue weighted by molar-refractivity contribution is 5.78. The largest absolute Gasteiger partial charge is 0.486 e. The molecule has 7 heteroatoms. The maximum atomic E-state index is 13.0. The molecular weight excluding hydrogens is 420 g/mol. The highest BCUT2D eigenvalue weighted by atomic mass is 16.7. The Bertz CT molecular complexity index is 1080. The predicted molar refractivity (Wildman–Crippen MR) is 122 cm³/mol. The maximum absolute atomic E-state index is 13.0. The number of ether oxygens (including phenoxy) is 4. The van der Waals surface area contributed by atoms with Crippen LogP contribution in [0.5, 0.6) is 23.0 Å². The Balaban J connectivity index is 1.19. The summed E-state index contributed by atoms with van der Waals surface area (Å²) in [4.78, 5) is 15.3. The number of nitrogens with zero attached hydrogens (tertiary/aromatic N) is 1. The van der Waals surface area contributed by atoms with E-state index in [1.54, 1.807) is 0 Å². The number of nitrogens with one attached hydrogen (secondary N) is 1. The Hall–Kier alpha value is -2.93. The Kier molecular flexibility index (Phi) is 5.09. The van der Waals surface area contributed by atoms with Crippen LogP contribution >= 0.6 is 0 Å². The van der Waals surface area contributed by atoms with Crippen LogP contribution in [0.15, 0.2) is 30.3 Å². The van der Waals surface area contributed by atoms with Crippen molar-refractivity contribution in [2.24, 2.45) is 0 Å². The minimum Gasteiger partial charge on any atom is -0.486 e. The molecule has 1 amide bonds. The molecule has 2 aromatic rings. The number of amides is 1. The van der Waals surface area contributed by atoms with E-state index < -0.39 is 0 Å². The summed E-state index contributed by atoms with van der Waals surface area (Å²) < 4.78 is 22.6. The number of benzene rings is 2. The molecule has 3 aliphatic heterocycles. The minimum absolute atomic E-state index is 0.0358. The van der Waals surface area contributed by atoms with Crippen molar-refractivity contribution in [3.63, 3.8) is 0 Å². The van der Waals surface area contributed by atoms with Crippen molar-refractivity contribution in [3.05, 3.63) is 47.0 Å². The van der Waals surface area contributed by atoms with Crippen LogP contribution in [-0.2, 0) is 16.8 Å². The number of carbonyl (C=O) groups excluding carboxylic acids is 1. The van der Waals surface area contributed by atoms with Crippen molar-refractivity contribution in [2.75, 3.05) is 33.1 Å². The van der Waals surface area contributed by atoms with Crippen LogP contribution in [0.4, 0.5) is 0 Å². The van der Waals surface area contributed by atoms with Crippen molar-refractivity contribution < 1.29 is 23.7 Å². The molecule has 7 nitrogen and oxygen atoms in total. The molecule has 1 aliphatic carbocycles. The van der Waals surface area contributed by atoms with Gasteiger partial charge in [0, 0.05) is 24.5 Å². The quantitative estimate of drug-likeness (QED) is 0.766. The monoisotopic (exact) mass is 450 g/mol. The van der Waals surface area contributed by atoms with Gasteiger partial charge in [-0.25, -0.2) is 0 Å². The summed E-state index contributed by atoms with van der Waals surface area (Å²) in [6.07, 6.45) is 4.77. The van der Waals surface area contributed by atoms with Crippen molar-refractivity contribution in [2.45, 2.75) is 50.6 Å². The zero-order chi connectivity index (χ0) is 22.4. The molecule has 0 bridgehead atoms. The van der Waals surface area contributed by atoms with E-state index in [-0.39, 0.29) is 24.2 Å². The molecule has 0 radical (unpaired) electrons. The van der Waals surface area contributed by atoms with Gasteiger partial charge in [-0.1, -0.05) is 18.9 Å². The summed E-state index contributed by atoms with van der Waals surface area (Å²) >= 11 is 0. The highest BCUT2D eigenvalue weighted by Gasteiger charge is 2.45. The lowest BCUT2D eigenvalue weighted by atomic mass is 9.71. The molecule has 1 unspecified atom stereocenters. The van der Waals surface area contributed by atoms with Gasteiger partial charge >= 0.3 is 0 Å². The third-order valence-corrected chi connectivity index (χ3v) is 7.62. The summed E-state index contributed by atoms with van der Waals surface area (Å²) in [5, 5.41) is 3.09. The molecule has 0 aromatic heterocycles. The molecule has 6 rings (SSSR count). The van der Waals surface area contributed by atoms with Crippen LogP contribution in [0.3, 0.4) is 0 Å². The molecular formula is C26H30N2O5. The molecule has 174 valence electrons. The molecule has 1 spiro atoms. The molecule has 4 aliphatic rings.